The first-order valence-electron chi connectivity index (χ1n) is 5.59. The molecule has 0 aromatic carbocycles. The first kappa shape index (κ1) is 11.0. The summed E-state index contributed by atoms with van der Waals surface area (Å²) >= 11 is 0. The standard InChI is InChI=1S/C11H24N2/c1-5-11(12-3)9(2)13(4)10-7-6-8-10/h9-12H,5-8H2,1-4H3. The molecule has 0 heterocycles. The zero-order valence-electron chi connectivity index (χ0n) is 9.51. The van der Waals surface area contributed by atoms with Gasteiger partial charge < -0.3 is 5.32 Å². The summed E-state index contributed by atoms with van der Waals surface area (Å²) in [7, 11) is 4.34. The number of nitrogens with zero attached hydrogens (tertiary/aromatic N) is 1. The molecule has 0 spiro atoms. The van der Waals surface area contributed by atoms with Crippen LogP contribution in [-0.4, -0.2) is 37.1 Å². The highest BCUT2D eigenvalue weighted by atomic mass is 15.2. The van der Waals surface area contributed by atoms with E-state index in [0.29, 0.717) is 12.1 Å². The van der Waals surface area contributed by atoms with Gasteiger partial charge in [-0.05, 0) is 40.3 Å². The van der Waals surface area contributed by atoms with Crippen molar-refractivity contribution >= 4 is 0 Å². The summed E-state index contributed by atoms with van der Waals surface area (Å²) in [6.45, 7) is 4.59. The van der Waals surface area contributed by atoms with Crippen LogP contribution in [0.4, 0.5) is 0 Å². The van der Waals surface area contributed by atoms with Crippen LogP contribution in [0, 0.1) is 0 Å². The van der Waals surface area contributed by atoms with E-state index in [-0.39, 0.29) is 0 Å². The van der Waals surface area contributed by atoms with Crippen molar-refractivity contribution in [3.8, 4) is 0 Å². The van der Waals surface area contributed by atoms with E-state index in [0.717, 1.165) is 6.04 Å². The second-order valence-corrected chi connectivity index (χ2v) is 4.29. The summed E-state index contributed by atoms with van der Waals surface area (Å²) in [6.07, 6.45) is 5.45. The molecule has 0 bridgehead atoms. The quantitative estimate of drug-likeness (QED) is 0.701. The molecule has 0 saturated heterocycles. The Bertz CT molecular complexity index is 139. The molecule has 1 fully saturated rings. The van der Waals surface area contributed by atoms with Gasteiger partial charge in [-0.1, -0.05) is 13.3 Å². The van der Waals surface area contributed by atoms with E-state index in [1.54, 1.807) is 0 Å². The molecule has 0 aromatic heterocycles. The number of hydrogen-bond donors (Lipinski definition) is 1. The molecule has 0 amide bonds. The van der Waals surface area contributed by atoms with Crippen molar-refractivity contribution in [3.63, 3.8) is 0 Å². The van der Waals surface area contributed by atoms with Gasteiger partial charge in [-0.2, -0.15) is 0 Å². The van der Waals surface area contributed by atoms with E-state index in [2.05, 4.69) is 38.2 Å². The monoisotopic (exact) mass is 184 g/mol. The molecule has 1 saturated carbocycles. The fourth-order valence-electron chi connectivity index (χ4n) is 2.20. The van der Waals surface area contributed by atoms with Crippen molar-refractivity contribution in [3.05, 3.63) is 0 Å². The van der Waals surface area contributed by atoms with Gasteiger partial charge in [0.2, 0.25) is 0 Å². The highest BCUT2D eigenvalue weighted by molar-refractivity contribution is 4.85. The Morgan fingerprint density at radius 1 is 1.46 bits per heavy atom. The van der Waals surface area contributed by atoms with E-state index in [1.165, 1.54) is 25.7 Å². The van der Waals surface area contributed by atoms with Crippen molar-refractivity contribution in [1.29, 1.82) is 0 Å². The molecular weight excluding hydrogens is 160 g/mol. The van der Waals surface area contributed by atoms with E-state index in [1.807, 2.05) is 0 Å². The Balaban J connectivity index is 2.38. The first-order valence-corrected chi connectivity index (χ1v) is 5.59. The first-order chi connectivity index (χ1) is 6.20. The van der Waals surface area contributed by atoms with Gasteiger partial charge in [-0.3, -0.25) is 4.90 Å². The largest absolute Gasteiger partial charge is 0.315 e. The van der Waals surface area contributed by atoms with Gasteiger partial charge in [0.15, 0.2) is 0 Å². The normalized spacial score (nSPS) is 22.8. The molecule has 2 heteroatoms. The lowest BCUT2D eigenvalue weighted by Gasteiger charge is -2.41. The fraction of sp³-hybridized carbons (Fsp3) is 1.00. The molecule has 2 atom stereocenters. The number of nitrogens with one attached hydrogen (secondary N) is 1. The Morgan fingerprint density at radius 3 is 2.38 bits per heavy atom. The van der Waals surface area contributed by atoms with Gasteiger partial charge in [0.1, 0.15) is 0 Å². The molecule has 0 aliphatic heterocycles. The van der Waals surface area contributed by atoms with Crippen LogP contribution in [0.3, 0.4) is 0 Å². The summed E-state index contributed by atoms with van der Waals surface area (Å²) < 4.78 is 0. The Kier molecular flexibility index (Phi) is 4.20. The van der Waals surface area contributed by atoms with Gasteiger partial charge in [0, 0.05) is 18.1 Å². The van der Waals surface area contributed by atoms with E-state index in [9.17, 15) is 0 Å². The molecule has 1 N–H and O–H groups in total. The van der Waals surface area contributed by atoms with Gasteiger partial charge >= 0.3 is 0 Å². The van der Waals surface area contributed by atoms with Crippen LogP contribution in [0.5, 0.6) is 0 Å². The maximum Gasteiger partial charge on any atom is 0.0220 e. The summed E-state index contributed by atoms with van der Waals surface area (Å²) in [6, 6.07) is 2.17. The molecule has 2 nitrogen and oxygen atoms in total. The van der Waals surface area contributed by atoms with Gasteiger partial charge in [-0.25, -0.2) is 0 Å². The Hall–Kier alpha value is -0.0800. The van der Waals surface area contributed by atoms with Crippen LogP contribution in [0.25, 0.3) is 0 Å². The summed E-state index contributed by atoms with van der Waals surface area (Å²) in [4.78, 5) is 2.55. The van der Waals surface area contributed by atoms with Gasteiger partial charge in [0.05, 0.1) is 0 Å². The summed E-state index contributed by atoms with van der Waals surface area (Å²) in [5, 5.41) is 3.39. The van der Waals surface area contributed by atoms with E-state index >= 15 is 0 Å². The van der Waals surface area contributed by atoms with Crippen LogP contribution in [0.2, 0.25) is 0 Å². The van der Waals surface area contributed by atoms with Crippen molar-refractivity contribution in [2.24, 2.45) is 0 Å². The van der Waals surface area contributed by atoms with Crippen molar-refractivity contribution in [2.45, 2.75) is 57.7 Å². The maximum atomic E-state index is 3.39. The van der Waals surface area contributed by atoms with Crippen LogP contribution >= 0.6 is 0 Å². The lowest BCUT2D eigenvalue weighted by atomic mass is 9.90. The third-order valence-electron chi connectivity index (χ3n) is 3.69. The van der Waals surface area contributed by atoms with Gasteiger partial charge in [-0.15, -0.1) is 0 Å². The Morgan fingerprint density at radius 2 is 2.08 bits per heavy atom. The third-order valence-corrected chi connectivity index (χ3v) is 3.69. The number of likely N-dealkylation sites (N-methyl/N-ethyl adjacent to an activating group) is 2. The number of rotatable bonds is 5. The summed E-state index contributed by atoms with van der Waals surface area (Å²) in [5.41, 5.74) is 0. The molecule has 1 aliphatic carbocycles. The minimum atomic E-state index is 0.644. The third kappa shape index (κ3) is 2.44. The molecule has 13 heavy (non-hydrogen) atoms. The molecule has 0 radical (unpaired) electrons. The highest BCUT2D eigenvalue weighted by Gasteiger charge is 2.28. The van der Waals surface area contributed by atoms with Crippen LogP contribution in [0.15, 0.2) is 0 Å². The summed E-state index contributed by atoms with van der Waals surface area (Å²) in [5.74, 6) is 0. The fourth-order valence-corrected chi connectivity index (χ4v) is 2.20. The smallest absolute Gasteiger partial charge is 0.0220 e. The van der Waals surface area contributed by atoms with Crippen LogP contribution < -0.4 is 5.32 Å². The minimum Gasteiger partial charge on any atom is -0.315 e. The average molecular weight is 184 g/mol. The molecular formula is C11H24N2. The molecule has 78 valence electrons. The van der Waals surface area contributed by atoms with Crippen LogP contribution in [-0.2, 0) is 0 Å². The topological polar surface area (TPSA) is 15.3 Å². The van der Waals surface area contributed by atoms with Crippen molar-refractivity contribution < 1.29 is 0 Å². The van der Waals surface area contributed by atoms with E-state index < -0.39 is 0 Å². The maximum absolute atomic E-state index is 3.39. The Labute approximate surface area is 82.7 Å². The highest BCUT2D eigenvalue weighted by Crippen LogP contribution is 2.26. The second kappa shape index (κ2) is 4.97. The lowest BCUT2D eigenvalue weighted by Crippen LogP contribution is -2.51. The molecule has 1 rings (SSSR count). The predicted molar refractivity (Wildman–Crippen MR) is 58.0 cm³/mol. The van der Waals surface area contributed by atoms with Crippen molar-refractivity contribution in [2.75, 3.05) is 14.1 Å². The zero-order chi connectivity index (χ0) is 9.84. The lowest BCUT2D eigenvalue weighted by molar-refractivity contribution is 0.0968. The predicted octanol–water partition coefficient (Wildman–Crippen LogP) is 1.86. The molecule has 2 unspecified atom stereocenters. The SMILES string of the molecule is CCC(NC)C(C)N(C)C1CCC1. The van der Waals surface area contributed by atoms with Crippen LogP contribution in [0.1, 0.15) is 39.5 Å². The van der Waals surface area contributed by atoms with Gasteiger partial charge in [0.25, 0.3) is 0 Å². The second-order valence-electron chi connectivity index (χ2n) is 4.29. The zero-order valence-corrected chi connectivity index (χ0v) is 9.51. The minimum absolute atomic E-state index is 0.644. The molecule has 1 aliphatic rings. The van der Waals surface area contributed by atoms with E-state index in [4.69, 9.17) is 0 Å². The number of hydrogen-bond acceptors (Lipinski definition) is 2. The van der Waals surface area contributed by atoms with Crippen molar-refractivity contribution in [1.82, 2.24) is 10.2 Å². The average Bonchev–Trinajstić information content (AvgIpc) is 2.03. The molecule has 0 aromatic rings.